The molecule has 2 nitrogen and oxygen atoms in total. The molecule has 1 unspecified atom stereocenters. The van der Waals surface area contributed by atoms with Crippen molar-refractivity contribution in [1.29, 1.82) is 0 Å². The Morgan fingerprint density at radius 2 is 1.95 bits per heavy atom. The number of ether oxygens (including phenoxy) is 1. The number of halogens is 3. The zero-order valence-corrected chi connectivity index (χ0v) is 12.2. The van der Waals surface area contributed by atoms with Crippen LogP contribution in [0.4, 0.5) is 13.2 Å². The highest BCUT2D eigenvalue weighted by Crippen LogP contribution is 2.22. The summed E-state index contributed by atoms with van der Waals surface area (Å²) in [5, 5.41) is 3.26. The Kier molecular flexibility index (Phi) is 6.49. The van der Waals surface area contributed by atoms with Gasteiger partial charge >= 0.3 is 6.18 Å². The monoisotopic (exact) mass is 289 g/mol. The summed E-state index contributed by atoms with van der Waals surface area (Å²) >= 11 is 0. The second-order valence-corrected chi connectivity index (χ2v) is 4.91. The van der Waals surface area contributed by atoms with Crippen molar-refractivity contribution in [1.82, 2.24) is 5.32 Å². The smallest absolute Gasteiger partial charge is 0.379 e. The van der Waals surface area contributed by atoms with Gasteiger partial charge in [-0.2, -0.15) is 13.2 Å². The van der Waals surface area contributed by atoms with Gasteiger partial charge in [-0.25, -0.2) is 0 Å². The lowest BCUT2D eigenvalue weighted by Crippen LogP contribution is -2.27. The van der Waals surface area contributed by atoms with Gasteiger partial charge in [0.2, 0.25) is 0 Å². The molecule has 1 aromatic rings. The van der Waals surface area contributed by atoms with E-state index in [-0.39, 0.29) is 19.3 Å². The lowest BCUT2D eigenvalue weighted by atomic mass is 9.99. The van der Waals surface area contributed by atoms with Crippen molar-refractivity contribution in [2.24, 2.45) is 0 Å². The van der Waals surface area contributed by atoms with Gasteiger partial charge in [0.15, 0.2) is 0 Å². The number of rotatable bonds is 7. The summed E-state index contributed by atoms with van der Waals surface area (Å²) in [5.41, 5.74) is 3.32. The molecule has 0 bridgehead atoms. The van der Waals surface area contributed by atoms with Crippen molar-refractivity contribution in [3.63, 3.8) is 0 Å². The summed E-state index contributed by atoms with van der Waals surface area (Å²) in [5.74, 6) is 0. The summed E-state index contributed by atoms with van der Waals surface area (Å²) in [4.78, 5) is 0. The maximum atomic E-state index is 12.1. The molecule has 114 valence electrons. The van der Waals surface area contributed by atoms with Gasteiger partial charge in [-0.1, -0.05) is 30.7 Å². The van der Waals surface area contributed by atoms with E-state index < -0.39 is 12.6 Å². The lowest BCUT2D eigenvalue weighted by molar-refractivity contribution is -0.145. The third-order valence-electron chi connectivity index (χ3n) is 3.08. The second kappa shape index (κ2) is 7.64. The van der Waals surface area contributed by atoms with Gasteiger partial charge < -0.3 is 10.1 Å². The number of hydrogen-bond donors (Lipinski definition) is 1. The van der Waals surface area contributed by atoms with E-state index in [1.54, 1.807) is 0 Å². The Bertz CT molecular complexity index is 418. The Morgan fingerprint density at radius 3 is 2.55 bits per heavy atom. The Balaban J connectivity index is 2.62. The van der Waals surface area contributed by atoms with Crippen LogP contribution >= 0.6 is 0 Å². The molecule has 0 saturated carbocycles. The average molecular weight is 289 g/mol. The zero-order chi connectivity index (χ0) is 15.2. The normalized spacial score (nSPS) is 13.5. The van der Waals surface area contributed by atoms with Crippen LogP contribution in [-0.2, 0) is 4.74 Å². The van der Waals surface area contributed by atoms with E-state index in [1.165, 1.54) is 0 Å². The number of alkyl halides is 3. The molecular weight excluding hydrogens is 267 g/mol. The predicted octanol–water partition coefficient (Wildman–Crippen LogP) is 3.92. The van der Waals surface area contributed by atoms with Gasteiger partial charge in [0, 0.05) is 0 Å². The average Bonchev–Trinajstić information content (AvgIpc) is 2.35. The van der Waals surface area contributed by atoms with Crippen molar-refractivity contribution in [3.8, 4) is 0 Å². The molecule has 5 heteroatoms. The highest BCUT2D eigenvalue weighted by molar-refractivity contribution is 5.33. The number of likely N-dealkylation sites (N-methyl/N-ethyl adjacent to an activating group) is 1. The minimum Gasteiger partial charge on any atom is -0.379 e. The Morgan fingerprint density at radius 1 is 1.25 bits per heavy atom. The molecule has 0 aliphatic heterocycles. The van der Waals surface area contributed by atoms with E-state index in [1.807, 2.05) is 32.9 Å². The van der Waals surface area contributed by atoms with E-state index in [4.69, 9.17) is 4.74 Å². The Hall–Kier alpha value is -1.07. The lowest BCUT2D eigenvalue weighted by Gasteiger charge is -2.21. The fourth-order valence-corrected chi connectivity index (χ4v) is 2.03. The largest absolute Gasteiger partial charge is 0.391 e. The molecule has 1 N–H and O–H groups in total. The Labute approximate surface area is 118 Å². The molecule has 0 spiro atoms. The maximum Gasteiger partial charge on any atom is 0.391 e. The predicted molar refractivity (Wildman–Crippen MR) is 73.8 cm³/mol. The van der Waals surface area contributed by atoms with Crippen LogP contribution in [-0.4, -0.2) is 25.9 Å². The van der Waals surface area contributed by atoms with Crippen LogP contribution in [0.25, 0.3) is 0 Å². The third kappa shape index (κ3) is 5.92. The number of hydrogen-bond acceptors (Lipinski definition) is 2. The number of aryl methyl sites for hydroxylation is 2. The minimum absolute atomic E-state index is 0.0758. The molecule has 20 heavy (non-hydrogen) atoms. The third-order valence-corrected chi connectivity index (χ3v) is 3.08. The van der Waals surface area contributed by atoms with Gasteiger partial charge in [-0.3, -0.25) is 0 Å². The van der Waals surface area contributed by atoms with Crippen LogP contribution in [0.15, 0.2) is 18.2 Å². The van der Waals surface area contributed by atoms with Crippen molar-refractivity contribution in [2.75, 3.05) is 19.8 Å². The molecule has 1 rings (SSSR count). The molecule has 1 atom stereocenters. The van der Waals surface area contributed by atoms with Gasteiger partial charge in [0.1, 0.15) is 0 Å². The van der Waals surface area contributed by atoms with Crippen LogP contribution in [0.3, 0.4) is 0 Å². The highest BCUT2D eigenvalue weighted by Gasteiger charge is 2.26. The molecule has 0 aliphatic rings. The van der Waals surface area contributed by atoms with Crippen LogP contribution in [0.2, 0.25) is 0 Å². The van der Waals surface area contributed by atoms with Gasteiger partial charge in [0.05, 0.1) is 25.7 Å². The molecular formula is C15H22F3NO. The van der Waals surface area contributed by atoms with Gasteiger partial charge in [0.25, 0.3) is 0 Å². The van der Waals surface area contributed by atoms with Crippen molar-refractivity contribution in [3.05, 3.63) is 34.9 Å². The van der Waals surface area contributed by atoms with Crippen LogP contribution in [0, 0.1) is 13.8 Å². The molecule has 1 aromatic carbocycles. The van der Waals surface area contributed by atoms with Crippen LogP contribution in [0.1, 0.15) is 36.1 Å². The van der Waals surface area contributed by atoms with E-state index in [2.05, 4.69) is 11.4 Å². The SMILES string of the molecule is CCNC(COCCC(F)(F)F)c1cc(C)ccc1C. The van der Waals surface area contributed by atoms with E-state index in [0.717, 1.165) is 23.2 Å². The first kappa shape index (κ1) is 17.0. The molecule has 0 radical (unpaired) electrons. The first-order chi connectivity index (χ1) is 9.33. The standard InChI is InChI=1S/C15H22F3NO/c1-4-19-14(10-20-8-7-15(16,17)18)13-9-11(2)5-6-12(13)3/h5-6,9,14,19H,4,7-8,10H2,1-3H3. The van der Waals surface area contributed by atoms with Crippen molar-refractivity contribution >= 4 is 0 Å². The van der Waals surface area contributed by atoms with Gasteiger partial charge in [-0.15, -0.1) is 0 Å². The summed E-state index contributed by atoms with van der Waals surface area (Å²) < 4.78 is 41.4. The van der Waals surface area contributed by atoms with Crippen LogP contribution < -0.4 is 5.32 Å². The summed E-state index contributed by atoms with van der Waals surface area (Å²) in [6.07, 6.45) is -5.06. The minimum atomic E-state index is -4.16. The van der Waals surface area contributed by atoms with Crippen molar-refractivity contribution in [2.45, 2.75) is 39.4 Å². The summed E-state index contributed by atoms with van der Waals surface area (Å²) in [6, 6.07) is 6.01. The van der Waals surface area contributed by atoms with Crippen molar-refractivity contribution < 1.29 is 17.9 Å². The van der Waals surface area contributed by atoms with Gasteiger partial charge in [-0.05, 0) is 31.5 Å². The topological polar surface area (TPSA) is 21.3 Å². The molecule has 0 saturated heterocycles. The zero-order valence-electron chi connectivity index (χ0n) is 12.2. The van der Waals surface area contributed by atoms with E-state index in [0.29, 0.717) is 0 Å². The number of benzene rings is 1. The fraction of sp³-hybridized carbons (Fsp3) is 0.600. The molecule has 0 amide bonds. The first-order valence-electron chi connectivity index (χ1n) is 6.78. The molecule has 0 aliphatic carbocycles. The molecule has 0 heterocycles. The second-order valence-electron chi connectivity index (χ2n) is 4.91. The summed E-state index contributed by atoms with van der Waals surface area (Å²) in [6.45, 7) is 6.64. The molecule has 0 aromatic heterocycles. The fourth-order valence-electron chi connectivity index (χ4n) is 2.03. The van der Waals surface area contributed by atoms with Crippen LogP contribution in [0.5, 0.6) is 0 Å². The van der Waals surface area contributed by atoms with E-state index in [9.17, 15) is 13.2 Å². The molecule has 0 fully saturated rings. The summed E-state index contributed by atoms with van der Waals surface area (Å²) in [7, 11) is 0. The first-order valence-corrected chi connectivity index (χ1v) is 6.78. The maximum absolute atomic E-state index is 12.1. The number of nitrogens with one attached hydrogen (secondary N) is 1. The van der Waals surface area contributed by atoms with E-state index >= 15 is 0 Å². The highest BCUT2D eigenvalue weighted by atomic mass is 19.4. The quantitative estimate of drug-likeness (QED) is 0.768.